The number of carbonyl (C=O) groups excluding carboxylic acids is 2. The first kappa shape index (κ1) is 22.8. The van der Waals surface area contributed by atoms with Crippen molar-refractivity contribution in [3.05, 3.63) is 87.3 Å². The van der Waals surface area contributed by atoms with Crippen LogP contribution >= 0.6 is 31.9 Å². The zero-order chi connectivity index (χ0) is 22.1. The second-order valence-electron chi connectivity index (χ2n) is 6.16. The van der Waals surface area contributed by atoms with Crippen LogP contribution in [0.3, 0.4) is 0 Å². The molecule has 3 aromatic rings. The molecule has 0 aromatic heterocycles. The molecule has 31 heavy (non-hydrogen) atoms. The number of hydrogen-bond acceptors (Lipinski definition) is 6. The van der Waals surface area contributed by atoms with E-state index in [4.69, 9.17) is 18.9 Å². The third-order valence-corrected chi connectivity index (χ3v) is 4.98. The van der Waals surface area contributed by atoms with E-state index < -0.39 is 11.9 Å². The first-order chi connectivity index (χ1) is 15.0. The molecule has 3 rings (SSSR count). The molecule has 0 aliphatic carbocycles. The largest absolute Gasteiger partial charge is 0.490 e. The van der Waals surface area contributed by atoms with Gasteiger partial charge in [0.25, 0.3) is 0 Å². The molecule has 8 heteroatoms. The highest BCUT2D eigenvalue weighted by molar-refractivity contribution is 9.11. The molecule has 160 valence electrons. The molecule has 6 nitrogen and oxygen atoms in total. The molecule has 0 N–H and O–H groups in total. The van der Waals surface area contributed by atoms with E-state index in [2.05, 4.69) is 31.9 Å². The Balaban J connectivity index is 1.46. The molecule has 0 aliphatic rings. The van der Waals surface area contributed by atoms with E-state index in [-0.39, 0.29) is 31.1 Å². The maximum atomic E-state index is 12.2. The summed E-state index contributed by atoms with van der Waals surface area (Å²) in [6, 6.07) is 20.8. The summed E-state index contributed by atoms with van der Waals surface area (Å²) < 4.78 is 23.0. The second kappa shape index (κ2) is 11.5. The lowest BCUT2D eigenvalue weighted by molar-refractivity contribution is -0.136. The number of benzene rings is 3. The minimum Gasteiger partial charge on any atom is -0.490 e. The molecule has 0 aliphatic heterocycles. The second-order valence-corrected chi connectivity index (χ2v) is 7.93. The number of carbonyl (C=O) groups is 2. The predicted molar refractivity (Wildman–Crippen MR) is 122 cm³/mol. The van der Waals surface area contributed by atoms with Crippen LogP contribution in [0.2, 0.25) is 0 Å². The van der Waals surface area contributed by atoms with Gasteiger partial charge in [-0.05, 0) is 64.5 Å². The Bertz CT molecular complexity index is 1040. The van der Waals surface area contributed by atoms with Crippen molar-refractivity contribution in [2.45, 2.75) is 0 Å². The van der Waals surface area contributed by atoms with E-state index in [1.165, 1.54) is 6.07 Å². The minimum absolute atomic E-state index is 0.0909. The normalized spacial score (nSPS) is 10.3. The summed E-state index contributed by atoms with van der Waals surface area (Å²) in [5.74, 6) is 0.291. The summed E-state index contributed by atoms with van der Waals surface area (Å²) in [4.78, 5) is 24.3. The average Bonchev–Trinajstić information content (AvgIpc) is 2.77. The zero-order valence-electron chi connectivity index (χ0n) is 16.3. The van der Waals surface area contributed by atoms with Crippen LogP contribution in [0.5, 0.6) is 17.2 Å². The van der Waals surface area contributed by atoms with Crippen molar-refractivity contribution in [3.8, 4) is 17.2 Å². The van der Waals surface area contributed by atoms with E-state index in [1.807, 2.05) is 30.3 Å². The van der Waals surface area contributed by atoms with Crippen LogP contribution in [-0.2, 0) is 9.53 Å². The fourth-order valence-electron chi connectivity index (χ4n) is 2.47. The number of para-hydroxylation sites is 1. The molecule has 0 heterocycles. The van der Waals surface area contributed by atoms with Crippen LogP contribution in [0.15, 0.2) is 81.7 Å². The van der Waals surface area contributed by atoms with Gasteiger partial charge in [-0.1, -0.05) is 40.2 Å². The quantitative estimate of drug-likeness (QED) is 0.201. The molecule has 0 spiro atoms. The van der Waals surface area contributed by atoms with E-state index >= 15 is 0 Å². The van der Waals surface area contributed by atoms with E-state index in [1.54, 1.807) is 36.4 Å². The summed E-state index contributed by atoms with van der Waals surface area (Å²) in [5.41, 5.74) is 0.265. The Hall–Kier alpha value is -2.84. The van der Waals surface area contributed by atoms with Gasteiger partial charge < -0.3 is 18.9 Å². The minimum atomic E-state index is -0.600. The van der Waals surface area contributed by atoms with Gasteiger partial charge in [0.15, 0.2) is 6.61 Å². The Morgan fingerprint density at radius 3 is 2.32 bits per heavy atom. The fraction of sp³-hybridized carbons (Fsp3) is 0.130. The smallest absolute Gasteiger partial charge is 0.349 e. The third-order valence-electron chi connectivity index (χ3n) is 3.87. The predicted octanol–water partition coefficient (Wildman–Crippen LogP) is 5.43. The van der Waals surface area contributed by atoms with Crippen LogP contribution in [0.1, 0.15) is 10.4 Å². The van der Waals surface area contributed by atoms with E-state index in [0.717, 1.165) is 4.47 Å². The molecular weight excluding hydrogens is 532 g/mol. The summed E-state index contributed by atoms with van der Waals surface area (Å²) in [6.45, 7) is 0.0345. The standard InChI is InChI=1S/C23H18Br2O6/c24-17-9-10-21(20(25)14-17)30-15-22(26)31-19-8-4-5-16(13-19)23(27)29-12-11-28-18-6-2-1-3-7-18/h1-10,13-14H,11-12,15H2. The fourth-order valence-corrected chi connectivity index (χ4v) is 3.63. The van der Waals surface area contributed by atoms with Crippen LogP contribution in [-0.4, -0.2) is 31.8 Å². The molecule has 0 saturated carbocycles. The van der Waals surface area contributed by atoms with Crippen molar-refractivity contribution in [2.75, 3.05) is 19.8 Å². The molecule has 0 fully saturated rings. The van der Waals surface area contributed by atoms with Crippen LogP contribution in [0.4, 0.5) is 0 Å². The molecular formula is C23H18Br2O6. The van der Waals surface area contributed by atoms with Crippen LogP contribution in [0.25, 0.3) is 0 Å². The number of ether oxygens (including phenoxy) is 4. The van der Waals surface area contributed by atoms with Crippen molar-refractivity contribution in [1.82, 2.24) is 0 Å². The first-order valence-corrected chi connectivity index (χ1v) is 10.8. The maximum absolute atomic E-state index is 12.2. The number of halogens is 2. The van der Waals surface area contributed by atoms with Crippen molar-refractivity contribution >= 4 is 43.8 Å². The Labute approximate surface area is 196 Å². The van der Waals surface area contributed by atoms with E-state index in [0.29, 0.717) is 16.0 Å². The number of esters is 2. The summed E-state index contributed by atoms with van der Waals surface area (Å²) in [7, 11) is 0. The van der Waals surface area contributed by atoms with Crippen LogP contribution < -0.4 is 14.2 Å². The SMILES string of the molecule is O=C(COc1ccc(Br)cc1Br)Oc1cccc(C(=O)OCCOc2ccccc2)c1. The van der Waals surface area contributed by atoms with Gasteiger partial charge in [0.2, 0.25) is 0 Å². The van der Waals surface area contributed by atoms with E-state index in [9.17, 15) is 9.59 Å². The topological polar surface area (TPSA) is 71.1 Å². The van der Waals surface area contributed by atoms with Crippen molar-refractivity contribution in [1.29, 1.82) is 0 Å². The van der Waals surface area contributed by atoms with Gasteiger partial charge in [0.1, 0.15) is 30.5 Å². The van der Waals surface area contributed by atoms with Gasteiger partial charge in [0.05, 0.1) is 10.0 Å². The van der Waals surface area contributed by atoms with Gasteiger partial charge in [0, 0.05) is 4.47 Å². The van der Waals surface area contributed by atoms with Crippen molar-refractivity contribution in [2.24, 2.45) is 0 Å². The highest BCUT2D eigenvalue weighted by atomic mass is 79.9. The monoisotopic (exact) mass is 548 g/mol. The number of hydrogen-bond donors (Lipinski definition) is 0. The molecule has 0 atom stereocenters. The molecule has 0 unspecified atom stereocenters. The molecule has 0 bridgehead atoms. The molecule has 0 saturated heterocycles. The summed E-state index contributed by atoms with van der Waals surface area (Å²) >= 11 is 6.71. The van der Waals surface area contributed by atoms with Gasteiger partial charge >= 0.3 is 11.9 Å². The Morgan fingerprint density at radius 2 is 1.55 bits per heavy atom. The number of rotatable bonds is 9. The third kappa shape index (κ3) is 7.41. The van der Waals surface area contributed by atoms with Crippen molar-refractivity contribution in [3.63, 3.8) is 0 Å². The molecule has 3 aromatic carbocycles. The lowest BCUT2D eigenvalue weighted by Crippen LogP contribution is -2.18. The summed E-state index contributed by atoms with van der Waals surface area (Å²) in [6.07, 6.45) is 0. The molecule has 0 amide bonds. The first-order valence-electron chi connectivity index (χ1n) is 9.25. The van der Waals surface area contributed by atoms with Gasteiger partial charge in [-0.15, -0.1) is 0 Å². The lowest BCUT2D eigenvalue weighted by atomic mass is 10.2. The molecule has 0 radical (unpaired) electrons. The van der Waals surface area contributed by atoms with Crippen LogP contribution in [0, 0.1) is 0 Å². The average molecular weight is 550 g/mol. The highest BCUT2D eigenvalue weighted by Crippen LogP contribution is 2.28. The van der Waals surface area contributed by atoms with Crippen molar-refractivity contribution < 1.29 is 28.5 Å². The Kier molecular flexibility index (Phi) is 8.49. The zero-order valence-corrected chi connectivity index (χ0v) is 19.4. The maximum Gasteiger partial charge on any atom is 0.349 e. The van der Waals surface area contributed by atoms with Gasteiger partial charge in [-0.2, -0.15) is 0 Å². The van der Waals surface area contributed by atoms with Gasteiger partial charge in [-0.25, -0.2) is 9.59 Å². The highest BCUT2D eigenvalue weighted by Gasteiger charge is 2.12. The van der Waals surface area contributed by atoms with Gasteiger partial charge in [-0.3, -0.25) is 0 Å². The lowest BCUT2D eigenvalue weighted by Gasteiger charge is -2.10. The summed E-state index contributed by atoms with van der Waals surface area (Å²) in [5, 5.41) is 0. The Morgan fingerprint density at radius 1 is 0.774 bits per heavy atom.